The summed E-state index contributed by atoms with van der Waals surface area (Å²) in [5, 5.41) is 0. The molecular formula is C13H22O3. The Kier molecular flexibility index (Phi) is 4.51. The molecule has 0 N–H and O–H groups in total. The molecule has 0 radical (unpaired) electrons. The molecule has 1 saturated carbocycles. The monoisotopic (exact) mass is 226 g/mol. The molecule has 1 rings (SSSR count). The fourth-order valence-electron chi connectivity index (χ4n) is 2.30. The summed E-state index contributed by atoms with van der Waals surface area (Å²) < 4.78 is 5.40. The number of hydrogen-bond acceptors (Lipinski definition) is 3. The summed E-state index contributed by atoms with van der Waals surface area (Å²) in [5.41, 5.74) is -0.430. The van der Waals surface area contributed by atoms with Crippen molar-refractivity contribution in [2.24, 2.45) is 11.8 Å². The van der Waals surface area contributed by atoms with E-state index >= 15 is 0 Å². The molecule has 92 valence electrons. The maximum absolute atomic E-state index is 12.0. The molecule has 0 aromatic rings. The first-order chi connectivity index (χ1) is 7.44. The molecule has 2 unspecified atom stereocenters. The highest BCUT2D eigenvalue weighted by molar-refractivity contribution is 5.74. The first-order valence-corrected chi connectivity index (χ1v) is 6.10. The lowest BCUT2D eigenvalue weighted by Gasteiger charge is -2.31. The van der Waals surface area contributed by atoms with E-state index in [1.165, 1.54) is 0 Å². The van der Waals surface area contributed by atoms with Gasteiger partial charge in [-0.25, -0.2) is 0 Å². The van der Waals surface area contributed by atoms with Crippen molar-refractivity contribution in [3.8, 4) is 0 Å². The quantitative estimate of drug-likeness (QED) is 0.549. The van der Waals surface area contributed by atoms with Crippen LogP contribution in [0.2, 0.25) is 0 Å². The zero-order chi connectivity index (χ0) is 12.2. The maximum Gasteiger partial charge on any atom is 0.309 e. The highest BCUT2D eigenvalue weighted by Crippen LogP contribution is 2.33. The third kappa shape index (κ3) is 3.95. The fraction of sp³-hybridized carbons (Fsp3) is 0.846. The second kappa shape index (κ2) is 5.46. The van der Waals surface area contributed by atoms with Crippen LogP contribution in [0.3, 0.4) is 0 Å². The van der Waals surface area contributed by atoms with Crippen molar-refractivity contribution >= 4 is 12.3 Å². The van der Waals surface area contributed by atoms with Gasteiger partial charge in [-0.15, -0.1) is 0 Å². The van der Waals surface area contributed by atoms with Gasteiger partial charge in [0.2, 0.25) is 0 Å². The first-order valence-electron chi connectivity index (χ1n) is 6.10. The minimum absolute atomic E-state index is 0.0711. The lowest BCUT2D eigenvalue weighted by Crippen LogP contribution is -2.34. The normalized spacial score (nSPS) is 26.2. The molecule has 0 aliphatic heterocycles. The van der Waals surface area contributed by atoms with Crippen molar-refractivity contribution in [3.05, 3.63) is 0 Å². The van der Waals surface area contributed by atoms with Crippen LogP contribution in [0.25, 0.3) is 0 Å². The van der Waals surface area contributed by atoms with Crippen molar-refractivity contribution in [1.82, 2.24) is 0 Å². The molecular weight excluding hydrogens is 204 g/mol. The minimum atomic E-state index is -0.430. The van der Waals surface area contributed by atoms with Crippen LogP contribution in [0.4, 0.5) is 0 Å². The Morgan fingerprint density at radius 2 is 1.94 bits per heavy atom. The summed E-state index contributed by atoms with van der Waals surface area (Å²) in [6, 6.07) is 0. The van der Waals surface area contributed by atoms with Crippen LogP contribution >= 0.6 is 0 Å². The Balaban J connectivity index is 2.60. The molecule has 0 heterocycles. The van der Waals surface area contributed by atoms with Gasteiger partial charge in [0.1, 0.15) is 11.9 Å². The number of carbonyl (C=O) groups is 2. The number of hydrogen-bond donors (Lipinski definition) is 0. The average Bonchev–Trinajstić information content (AvgIpc) is 2.16. The SMILES string of the molecule is CC(C)(C)OC(=O)C1CCCCC1CC=O. The molecule has 0 bridgehead atoms. The smallest absolute Gasteiger partial charge is 0.309 e. The van der Waals surface area contributed by atoms with Gasteiger partial charge in [-0.2, -0.15) is 0 Å². The van der Waals surface area contributed by atoms with E-state index in [4.69, 9.17) is 4.74 Å². The molecule has 2 atom stereocenters. The van der Waals surface area contributed by atoms with Crippen molar-refractivity contribution in [2.45, 2.75) is 58.5 Å². The molecule has 3 heteroatoms. The van der Waals surface area contributed by atoms with E-state index in [9.17, 15) is 9.59 Å². The van der Waals surface area contributed by atoms with Crippen LogP contribution in [0.1, 0.15) is 52.9 Å². The molecule has 0 saturated heterocycles. The molecule has 0 amide bonds. The molecule has 1 fully saturated rings. The van der Waals surface area contributed by atoms with Crippen molar-refractivity contribution < 1.29 is 14.3 Å². The molecule has 1 aliphatic rings. The van der Waals surface area contributed by atoms with Gasteiger partial charge in [0.15, 0.2) is 0 Å². The molecule has 0 aromatic carbocycles. The second-order valence-corrected chi connectivity index (χ2v) is 5.59. The van der Waals surface area contributed by atoms with Crippen molar-refractivity contribution in [2.75, 3.05) is 0 Å². The van der Waals surface area contributed by atoms with Gasteiger partial charge in [-0.3, -0.25) is 4.79 Å². The predicted molar refractivity (Wildman–Crippen MR) is 62.0 cm³/mol. The molecule has 16 heavy (non-hydrogen) atoms. The van der Waals surface area contributed by atoms with Gasteiger partial charge < -0.3 is 9.53 Å². The Hall–Kier alpha value is -0.860. The number of ether oxygens (including phenoxy) is 1. The number of carbonyl (C=O) groups excluding carboxylic acids is 2. The molecule has 0 aromatic heterocycles. The largest absolute Gasteiger partial charge is 0.460 e. The van der Waals surface area contributed by atoms with Crippen LogP contribution in [-0.4, -0.2) is 17.9 Å². The van der Waals surface area contributed by atoms with Gasteiger partial charge in [-0.1, -0.05) is 12.8 Å². The zero-order valence-corrected chi connectivity index (χ0v) is 10.5. The number of aldehydes is 1. The lowest BCUT2D eigenvalue weighted by molar-refractivity contribution is -0.163. The van der Waals surface area contributed by atoms with E-state index in [0.717, 1.165) is 32.0 Å². The average molecular weight is 226 g/mol. The van der Waals surface area contributed by atoms with Gasteiger partial charge in [0, 0.05) is 6.42 Å². The maximum atomic E-state index is 12.0. The zero-order valence-electron chi connectivity index (χ0n) is 10.5. The number of rotatable bonds is 3. The van der Waals surface area contributed by atoms with Crippen LogP contribution in [0.15, 0.2) is 0 Å². The summed E-state index contributed by atoms with van der Waals surface area (Å²) >= 11 is 0. The Bertz CT molecular complexity index is 252. The third-order valence-electron chi connectivity index (χ3n) is 3.02. The predicted octanol–water partition coefficient (Wildman–Crippen LogP) is 2.72. The Morgan fingerprint density at radius 1 is 1.31 bits per heavy atom. The second-order valence-electron chi connectivity index (χ2n) is 5.59. The van der Waals surface area contributed by atoms with Crippen molar-refractivity contribution in [1.29, 1.82) is 0 Å². The lowest BCUT2D eigenvalue weighted by atomic mass is 9.78. The topological polar surface area (TPSA) is 43.4 Å². The minimum Gasteiger partial charge on any atom is -0.460 e. The summed E-state index contributed by atoms with van der Waals surface area (Å²) in [6.07, 6.45) is 5.45. The first kappa shape index (κ1) is 13.2. The van der Waals surface area contributed by atoms with Crippen LogP contribution in [-0.2, 0) is 14.3 Å². The van der Waals surface area contributed by atoms with E-state index in [1.807, 2.05) is 20.8 Å². The van der Waals surface area contributed by atoms with E-state index in [0.29, 0.717) is 6.42 Å². The van der Waals surface area contributed by atoms with E-state index in [2.05, 4.69) is 0 Å². The van der Waals surface area contributed by atoms with Gasteiger partial charge in [-0.05, 0) is 39.5 Å². The standard InChI is InChI=1S/C13H22O3/c1-13(2,3)16-12(15)11-7-5-4-6-10(11)8-9-14/h9-11H,4-8H2,1-3H3. The summed E-state index contributed by atoms with van der Waals surface area (Å²) in [5.74, 6) is -0.00155. The van der Waals surface area contributed by atoms with E-state index in [1.54, 1.807) is 0 Å². The van der Waals surface area contributed by atoms with Crippen LogP contribution < -0.4 is 0 Å². The fourth-order valence-corrected chi connectivity index (χ4v) is 2.30. The third-order valence-corrected chi connectivity index (χ3v) is 3.02. The number of esters is 1. The van der Waals surface area contributed by atoms with Gasteiger partial charge >= 0.3 is 5.97 Å². The Morgan fingerprint density at radius 3 is 2.50 bits per heavy atom. The Labute approximate surface area is 97.5 Å². The highest BCUT2D eigenvalue weighted by atomic mass is 16.6. The molecule has 3 nitrogen and oxygen atoms in total. The van der Waals surface area contributed by atoms with Gasteiger partial charge in [0.25, 0.3) is 0 Å². The van der Waals surface area contributed by atoms with Crippen molar-refractivity contribution in [3.63, 3.8) is 0 Å². The highest BCUT2D eigenvalue weighted by Gasteiger charge is 2.33. The summed E-state index contributed by atoms with van der Waals surface area (Å²) in [7, 11) is 0. The van der Waals surface area contributed by atoms with Gasteiger partial charge in [0.05, 0.1) is 5.92 Å². The van der Waals surface area contributed by atoms with Crippen LogP contribution in [0, 0.1) is 11.8 Å². The summed E-state index contributed by atoms with van der Waals surface area (Å²) in [4.78, 5) is 22.5. The van der Waals surface area contributed by atoms with E-state index < -0.39 is 5.60 Å². The van der Waals surface area contributed by atoms with Crippen LogP contribution in [0.5, 0.6) is 0 Å². The summed E-state index contributed by atoms with van der Waals surface area (Å²) in [6.45, 7) is 5.63. The molecule has 1 aliphatic carbocycles. The van der Waals surface area contributed by atoms with E-state index in [-0.39, 0.29) is 17.8 Å². The molecule has 0 spiro atoms.